The average Bonchev–Trinajstić information content (AvgIpc) is 3.01. The number of carbonyl (C=O) groups is 1. The molecule has 0 aliphatic heterocycles. The van der Waals surface area contributed by atoms with Crippen LogP contribution in [0.15, 0.2) is 41.5 Å². The van der Waals surface area contributed by atoms with Crippen molar-refractivity contribution in [2.75, 3.05) is 12.4 Å². The van der Waals surface area contributed by atoms with E-state index in [-0.39, 0.29) is 18.1 Å². The summed E-state index contributed by atoms with van der Waals surface area (Å²) in [5.74, 6) is 0.0475. The van der Waals surface area contributed by atoms with Gasteiger partial charge in [-0.05, 0) is 31.4 Å². The van der Waals surface area contributed by atoms with E-state index in [9.17, 15) is 9.90 Å². The molecule has 3 atom stereocenters. The lowest BCUT2D eigenvalue weighted by Gasteiger charge is -2.32. The van der Waals surface area contributed by atoms with Crippen LogP contribution in [0.4, 0.5) is 11.5 Å². The maximum absolute atomic E-state index is 11.8. The minimum absolute atomic E-state index is 0.0585. The number of hydrogen-bond acceptors (Lipinski definition) is 5. The second-order valence-corrected chi connectivity index (χ2v) is 6.33. The summed E-state index contributed by atoms with van der Waals surface area (Å²) in [6.07, 6.45) is 5.32. The molecule has 1 aliphatic carbocycles. The Morgan fingerprint density at radius 3 is 2.84 bits per heavy atom. The first-order valence-corrected chi connectivity index (χ1v) is 8.40. The highest BCUT2D eigenvalue weighted by Crippen LogP contribution is 2.34. The monoisotopic (exact) mass is 341 g/mol. The predicted octanol–water partition coefficient (Wildman–Crippen LogP) is 2.13. The van der Waals surface area contributed by atoms with Crippen molar-refractivity contribution in [2.24, 2.45) is 16.6 Å². The second-order valence-electron chi connectivity index (χ2n) is 6.33. The van der Waals surface area contributed by atoms with E-state index in [0.717, 1.165) is 18.5 Å². The number of amides is 1. The Kier molecular flexibility index (Phi) is 5.14. The Morgan fingerprint density at radius 2 is 2.16 bits per heavy atom. The van der Waals surface area contributed by atoms with Crippen LogP contribution in [-0.4, -0.2) is 40.2 Å². The molecule has 7 nitrogen and oxygen atoms in total. The van der Waals surface area contributed by atoms with Crippen LogP contribution in [0.5, 0.6) is 0 Å². The molecule has 1 aromatic carbocycles. The number of para-hydroxylation sites is 1. The molecule has 1 heterocycles. The lowest BCUT2D eigenvalue weighted by Crippen LogP contribution is -2.31. The zero-order valence-corrected chi connectivity index (χ0v) is 14.2. The van der Waals surface area contributed by atoms with Crippen LogP contribution in [0.25, 0.3) is 0 Å². The van der Waals surface area contributed by atoms with E-state index in [1.165, 1.54) is 0 Å². The standard InChI is InChI=1S/C18H23N5O2/c1-20-10-12-7-8-14(24)9-16(12)23-11-15(17(19)25)18(22-23)21-13-5-3-2-4-6-13/h2-6,10-12,14,16,24H,7-9H2,1H3,(H2,19,25)(H,21,22). The zero-order valence-electron chi connectivity index (χ0n) is 14.2. The minimum atomic E-state index is -0.540. The molecular weight excluding hydrogens is 318 g/mol. The first-order chi connectivity index (χ1) is 12.1. The van der Waals surface area contributed by atoms with Crippen molar-refractivity contribution in [3.8, 4) is 0 Å². The Balaban J connectivity index is 1.93. The van der Waals surface area contributed by atoms with Crippen molar-refractivity contribution < 1.29 is 9.90 Å². The molecule has 0 saturated heterocycles. The fourth-order valence-electron chi connectivity index (χ4n) is 3.31. The van der Waals surface area contributed by atoms with Gasteiger partial charge < -0.3 is 21.1 Å². The third kappa shape index (κ3) is 3.88. The Bertz CT molecular complexity index is 756. The number of nitrogens with two attached hydrogens (primary N) is 1. The van der Waals surface area contributed by atoms with Gasteiger partial charge >= 0.3 is 0 Å². The van der Waals surface area contributed by atoms with E-state index in [1.54, 1.807) is 17.9 Å². The van der Waals surface area contributed by atoms with Crippen molar-refractivity contribution in [1.29, 1.82) is 0 Å². The largest absolute Gasteiger partial charge is 0.393 e. The maximum atomic E-state index is 11.8. The van der Waals surface area contributed by atoms with Crippen LogP contribution in [0.3, 0.4) is 0 Å². The van der Waals surface area contributed by atoms with E-state index < -0.39 is 5.91 Å². The molecule has 3 unspecified atom stereocenters. The Morgan fingerprint density at radius 1 is 1.40 bits per heavy atom. The van der Waals surface area contributed by atoms with Crippen molar-refractivity contribution in [3.63, 3.8) is 0 Å². The van der Waals surface area contributed by atoms with Gasteiger partial charge in [-0.3, -0.25) is 9.48 Å². The molecule has 1 fully saturated rings. The number of aromatic nitrogens is 2. The number of anilines is 2. The summed E-state index contributed by atoms with van der Waals surface area (Å²) >= 11 is 0. The number of aliphatic hydroxyl groups excluding tert-OH is 1. The third-order valence-corrected chi connectivity index (χ3v) is 4.56. The average molecular weight is 341 g/mol. The normalized spacial score (nSPS) is 23.7. The fraction of sp³-hybridized carbons (Fsp3) is 0.389. The lowest BCUT2D eigenvalue weighted by atomic mass is 9.83. The number of nitrogens with zero attached hydrogens (tertiary/aromatic N) is 3. The van der Waals surface area contributed by atoms with E-state index >= 15 is 0 Å². The number of nitrogens with one attached hydrogen (secondary N) is 1. The van der Waals surface area contributed by atoms with Crippen molar-refractivity contribution in [1.82, 2.24) is 9.78 Å². The number of rotatable bonds is 5. The van der Waals surface area contributed by atoms with Crippen LogP contribution in [0.1, 0.15) is 35.7 Å². The van der Waals surface area contributed by atoms with E-state index in [4.69, 9.17) is 5.73 Å². The van der Waals surface area contributed by atoms with E-state index in [2.05, 4.69) is 15.4 Å². The lowest BCUT2D eigenvalue weighted by molar-refractivity contribution is 0.0868. The summed E-state index contributed by atoms with van der Waals surface area (Å²) in [5, 5.41) is 17.7. The van der Waals surface area contributed by atoms with Gasteiger partial charge in [0, 0.05) is 31.1 Å². The minimum Gasteiger partial charge on any atom is -0.393 e. The van der Waals surface area contributed by atoms with Crippen molar-refractivity contribution in [2.45, 2.75) is 31.4 Å². The molecule has 1 amide bonds. The molecule has 0 spiro atoms. The molecule has 132 valence electrons. The summed E-state index contributed by atoms with van der Waals surface area (Å²) in [5.41, 5.74) is 6.68. The van der Waals surface area contributed by atoms with E-state index in [1.807, 2.05) is 36.5 Å². The highest BCUT2D eigenvalue weighted by atomic mass is 16.3. The summed E-state index contributed by atoms with van der Waals surface area (Å²) in [7, 11) is 1.74. The van der Waals surface area contributed by atoms with E-state index in [0.29, 0.717) is 17.8 Å². The molecule has 4 N–H and O–H groups in total. The van der Waals surface area contributed by atoms with Gasteiger partial charge in [-0.15, -0.1) is 0 Å². The molecule has 1 aromatic heterocycles. The highest BCUT2D eigenvalue weighted by molar-refractivity contribution is 5.98. The molecule has 0 radical (unpaired) electrons. The molecule has 25 heavy (non-hydrogen) atoms. The van der Waals surface area contributed by atoms with Gasteiger partial charge in [-0.2, -0.15) is 5.10 Å². The highest BCUT2D eigenvalue weighted by Gasteiger charge is 2.31. The molecule has 2 aromatic rings. The smallest absolute Gasteiger partial charge is 0.254 e. The number of aliphatic hydroxyl groups is 1. The van der Waals surface area contributed by atoms with Gasteiger partial charge in [0.2, 0.25) is 0 Å². The molecule has 7 heteroatoms. The zero-order chi connectivity index (χ0) is 17.8. The third-order valence-electron chi connectivity index (χ3n) is 4.56. The molecule has 0 bridgehead atoms. The molecule has 3 rings (SSSR count). The summed E-state index contributed by atoms with van der Waals surface area (Å²) in [6, 6.07) is 9.43. The maximum Gasteiger partial charge on any atom is 0.254 e. The number of carbonyl (C=O) groups excluding carboxylic acids is 1. The van der Waals surface area contributed by atoms with Crippen molar-refractivity contribution in [3.05, 3.63) is 42.1 Å². The Hall–Kier alpha value is -2.67. The van der Waals surface area contributed by atoms with Gasteiger partial charge in [0.15, 0.2) is 5.82 Å². The van der Waals surface area contributed by atoms with Crippen LogP contribution < -0.4 is 11.1 Å². The first-order valence-electron chi connectivity index (χ1n) is 8.40. The van der Waals surface area contributed by atoms with Crippen LogP contribution in [-0.2, 0) is 0 Å². The van der Waals surface area contributed by atoms with Gasteiger partial charge in [-0.1, -0.05) is 18.2 Å². The quantitative estimate of drug-likeness (QED) is 0.724. The molecular formula is C18H23N5O2. The van der Waals surface area contributed by atoms with Gasteiger partial charge in [0.05, 0.1) is 12.1 Å². The van der Waals surface area contributed by atoms with Gasteiger partial charge in [-0.25, -0.2) is 0 Å². The number of aliphatic imine (C=N–C) groups is 1. The molecule has 1 saturated carbocycles. The number of primary amides is 1. The summed E-state index contributed by atoms with van der Waals surface area (Å²) in [6.45, 7) is 0. The van der Waals surface area contributed by atoms with Crippen molar-refractivity contribution >= 4 is 23.6 Å². The number of hydrogen-bond donors (Lipinski definition) is 3. The SMILES string of the molecule is CN=CC1CCC(O)CC1n1cc(C(N)=O)c(Nc2ccccc2)n1. The fourth-order valence-corrected chi connectivity index (χ4v) is 3.31. The van der Waals surface area contributed by atoms with Crippen LogP contribution in [0, 0.1) is 5.92 Å². The van der Waals surface area contributed by atoms with Crippen LogP contribution >= 0.6 is 0 Å². The predicted molar refractivity (Wildman–Crippen MR) is 97.3 cm³/mol. The Labute approximate surface area is 146 Å². The molecule has 1 aliphatic rings. The topological polar surface area (TPSA) is 106 Å². The first kappa shape index (κ1) is 17.2. The second kappa shape index (κ2) is 7.48. The summed E-state index contributed by atoms with van der Waals surface area (Å²) < 4.78 is 1.74. The number of benzene rings is 1. The van der Waals surface area contributed by atoms with Crippen LogP contribution in [0.2, 0.25) is 0 Å². The van der Waals surface area contributed by atoms with Gasteiger partial charge in [0.1, 0.15) is 5.56 Å². The van der Waals surface area contributed by atoms with Gasteiger partial charge in [0.25, 0.3) is 5.91 Å². The summed E-state index contributed by atoms with van der Waals surface area (Å²) in [4.78, 5) is 16.0.